The quantitative estimate of drug-likeness (QED) is 0.315. The van der Waals surface area contributed by atoms with Crippen LogP contribution in [-0.2, 0) is 12.8 Å². The number of halogens is 1. The van der Waals surface area contributed by atoms with Crippen molar-refractivity contribution in [1.82, 2.24) is 30.6 Å². The van der Waals surface area contributed by atoms with Crippen molar-refractivity contribution >= 4 is 0 Å². The van der Waals surface area contributed by atoms with Crippen molar-refractivity contribution < 1.29 is 4.39 Å². The van der Waals surface area contributed by atoms with Gasteiger partial charge in [0.15, 0.2) is 0 Å². The maximum absolute atomic E-state index is 15.3. The number of nitrogens with one attached hydrogen (secondary N) is 4. The first-order chi connectivity index (χ1) is 18.2. The summed E-state index contributed by atoms with van der Waals surface area (Å²) in [6.07, 6.45) is 8.62. The Morgan fingerprint density at radius 1 is 0.757 bits per heavy atom. The number of aromatic nitrogens is 4. The first kappa shape index (κ1) is 20.7. The molecule has 0 radical (unpaired) electrons. The molecule has 2 saturated carbocycles. The zero-order chi connectivity index (χ0) is 24.2. The molecule has 0 amide bonds. The summed E-state index contributed by atoms with van der Waals surface area (Å²) in [5.74, 6) is 3.42. The minimum Gasteiger partial charge on any atom is -0.344 e. The Balaban J connectivity index is 0.985. The molecule has 0 spiro atoms. The molecule has 1 unspecified atom stereocenters. The van der Waals surface area contributed by atoms with Crippen LogP contribution < -0.4 is 10.6 Å². The monoisotopic (exact) mass is 492 g/mol. The summed E-state index contributed by atoms with van der Waals surface area (Å²) in [7, 11) is 0. The molecule has 2 aromatic carbocycles. The fourth-order valence-corrected chi connectivity index (χ4v) is 7.10. The summed E-state index contributed by atoms with van der Waals surface area (Å²) in [4.78, 5) is 16.6. The van der Waals surface area contributed by atoms with Crippen LogP contribution in [0.5, 0.6) is 0 Å². The largest absolute Gasteiger partial charge is 0.344 e. The number of aromatic amines is 2. The Bertz CT molecular complexity index is 1550. The van der Waals surface area contributed by atoms with Gasteiger partial charge in [-0.1, -0.05) is 24.3 Å². The molecule has 5 aliphatic rings. The van der Waals surface area contributed by atoms with Gasteiger partial charge in [0.25, 0.3) is 0 Å². The van der Waals surface area contributed by atoms with Gasteiger partial charge in [0, 0.05) is 28.9 Å². The lowest BCUT2D eigenvalue weighted by Gasteiger charge is -2.16. The second kappa shape index (κ2) is 7.39. The minimum absolute atomic E-state index is 0.228. The van der Waals surface area contributed by atoms with Gasteiger partial charge in [0.1, 0.15) is 17.5 Å². The third-order valence-corrected chi connectivity index (χ3v) is 9.40. The summed E-state index contributed by atoms with van der Waals surface area (Å²) >= 11 is 0. The summed E-state index contributed by atoms with van der Waals surface area (Å²) in [5.41, 5.74) is 8.07. The van der Waals surface area contributed by atoms with Gasteiger partial charge in [-0.25, -0.2) is 14.4 Å². The van der Waals surface area contributed by atoms with E-state index < -0.39 is 0 Å². The molecule has 4 heterocycles. The van der Waals surface area contributed by atoms with E-state index in [-0.39, 0.29) is 11.9 Å². The molecule has 6 nitrogen and oxygen atoms in total. The lowest BCUT2D eigenvalue weighted by atomic mass is 9.89. The number of piperidine rings is 2. The highest BCUT2D eigenvalue weighted by molar-refractivity contribution is 5.76. The molecule has 3 aliphatic carbocycles. The Morgan fingerprint density at radius 3 is 2.22 bits per heavy atom. The molecule has 7 heteroatoms. The fraction of sp³-hybridized carbons (Fsp3) is 0.400. The predicted molar refractivity (Wildman–Crippen MR) is 139 cm³/mol. The molecule has 2 aromatic heterocycles. The number of hydrogen-bond donors (Lipinski definition) is 4. The van der Waals surface area contributed by atoms with E-state index >= 15 is 4.39 Å². The molecule has 186 valence electrons. The van der Waals surface area contributed by atoms with Crippen LogP contribution in [0.15, 0.2) is 42.6 Å². The highest BCUT2D eigenvalue weighted by atomic mass is 19.1. The average Bonchev–Trinajstić information content (AvgIpc) is 3.50. The number of imidazole rings is 2. The number of aryl methyl sites for hydroxylation is 2. The maximum Gasteiger partial charge on any atom is 0.133 e. The minimum atomic E-state index is -0.228. The highest BCUT2D eigenvalue weighted by Gasteiger charge is 2.47. The van der Waals surface area contributed by atoms with Gasteiger partial charge in [-0.05, 0) is 79.2 Å². The highest BCUT2D eigenvalue weighted by Crippen LogP contribution is 2.47. The van der Waals surface area contributed by atoms with Crippen molar-refractivity contribution in [3.8, 4) is 33.6 Å². The fourth-order valence-electron chi connectivity index (χ4n) is 7.10. The Kier molecular flexibility index (Phi) is 4.14. The molecule has 9 rings (SSSR count). The van der Waals surface area contributed by atoms with Crippen molar-refractivity contribution in [2.24, 2.45) is 11.8 Å². The smallest absolute Gasteiger partial charge is 0.133 e. The second-order valence-corrected chi connectivity index (χ2v) is 11.8. The molecule has 37 heavy (non-hydrogen) atoms. The third kappa shape index (κ3) is 3.30. The molecule has 2 aliphatic heterocycles. The van der Waals surface area contributed by atoms with E-state index in [9.17, 15) is 0 Å². The van der Waals surface area contributed by atoms with E-state index in [0.717, 1.165) is 65.3 Å². The zero-order valence-corrected chi connectivity index (χ0v) is 20.5. The first-order valence-electron chi connectivity index (χ1n) is 13.8. The van der Waals surface area contributed by atoms with Crippen molar-refractivity contribution in [1.29, 1.82) is 0 Å². The summed E-state index contributed by atoms with van der Waals surface area (Å²) in [6, 6.07) is 14.0. The number of benzene rings is 2. The molecular weight excluding hydrogens is 463 g/mol. The summed E-state index contributed by atoms with van der Waals surface area (Å²) in [6.45, 7) is 0. The van der Waals surface area contributed by atoms with Gasteiger partial charge in [-0.15, -0.1) is 0 Å². The van der Waals surface area contributed by atoms with Crippen molar-refractivity contribution in [3.63, 3.8) is 0 Å². The molecule has 2 saturated heterocycles. The van der Waals surface area contributed by atoms with Gasteiger partial charge >= 0.3 is 0 Å². The van der Waals surface area contributed by atoms with Crippen molar-refractivity contribution in [2.75, 3.05) is 0 Å². The SMILES string of the molecule is Fc1cc(-c2ccc3c(c2)CCc2[nH]c([C@@H]4C[C@H]5C[C@H]5N4)nc2-3)ccc1-c1cnc([C@@H]2CC3C[C@H]3N2)[nH]1. The van der Waals surface area contributed by atoms with Gasteiger partial charge in [-0.3, -0.25) is 0 Å². The van der Waals surface area contributed by atoms with Crippen LogP contribution in [0.1, 0.15) is 60.7 Å². The van der Waals surface area contributed by atoms with Crippen LogP contribution >= 0.6 is 0 Å². The molecule has 4 aromatic rings. The van der Waals surface area contributed by atoms with Crippen LogP contribution in [0.3, 0.4) is 0 Å². The maximum atomic E-state index is 15.3. The van der Waals surface area contributed by atoms with Gasteiger partial charge in [0.2, 0.25) is 0 Å². The molecule has 4 fully saturated rings. The normalized spacial score (nSPS) is 30.5. The Hall–Kier alpha value is -3.29. The standard InChI is InChI=1S/C30H29FN6/c31-21-8-15(2-5-20(21)27-13-32-29(36-27)25-11-17-9-23(17)33-25)14-1-4-19-16(7-14)3-6-22-28(19)37-30(35-22)26-12-18-10-24(18)34-26/h1-2,4-5,7-8,13,17-18,23-26,33-34H,3,6,9-12H2,(H,32,36)(H,35,37)/t17?,18-,23-,24-,25+,26+/m1/s1. The summed E-state index contributed by atoms with van der Waals surface area (Å²) < 4.78 is 15.3. The van der Waals surface area contributed by atoms with E-state index in [0.29, 0.717) is 23.7 Å². The average molecular weight is 493 g/mol. The van der Waals surface area contributed by atoms with Gasteiger partial charge < -0.3 is 20.6 Å². The van der Waals surface area contributed by atoms with E-state index in [1.165, 1.54) is 36.1 Å². The number of fused-ring (bicyclic) bond motifs is 5. The summed E-state index contributed by atoms with van der Waals surface area (Å²) in [5, 5.41) is 7.32. The van der Waals surface area contributed by atoms with E-state index in [4.69, 9.17) is 4.98 Å². The third-order valence-electron chi connectivity index (χ3n) is 9.40. The molecule has 6 atom stereocenters. The topological polar surface area (TPSA) is 81.4 Å². The lowest BCUT2D eigenvalue weighted by Crippen LogP contribution is -2.18. The van der Waals surface area contributed by atoms with Crippen LogP contribution in [0.4, 0.5) is 4.39 Å². The Morgan fingerprint density at radius 2 is 1.49 bits per heavy atom. The van der Waals surface area contributed by atoms with E-state index in [1.807, 2.05) is 12.1 Å². The number of H-pyrrole nitrogens is 2. The predicted octanol–water partition coefficient (Wildman–Crippen LogP) is 5.22. The number of nitrogens with zero attached hydrogens (tertiary/aromatic N) is 2. The molecular formula is C30H29FN6. The number of rotatable bonds is 4. The van der Waals surface area contributed by atoms with E-state index in [1.54, 1.807) is 12.3 Å². The van der Waals surface area contributed by atoms with Gasteiger partial charge in [0.05, 0.1) is 29.7 Å². The van der Waals surface area contributed by atoms with Crippen LogP contribution in [-0.4, -0.2) is 32.0 Å². The number of hydrogen-bond acceptors (Lipinski definition) is 4. The van der Waals surface area contributed by atoms with E-state index in [2.05, 4.69) is 43.8 Å². The first-order valence-corrected chi connectivity index (χ1v) is 13.8. The zero-order valence-electron chi connectivity index (χ0n) is 20.5. The molecule has 0 bridgehead atoms. The second-order valence-electron chi connectivity index (χ2n) is 11.8. The Labute approximate surface area is 214 Å². The van der Waals surface area contributed by atoms with Gasteiger partial charge in [-0.2, -0.15) is 0 Å². The van der Waals surface area contributed by atoms with Crippen molar-refractivity contribution in [3.05, 3.63) is 71.3 Å². The molecule has 4 N–H and O–H groups in total. The van der Waals surface area contributed by atoms with Crippen LogP contribution in [0, 0.1) is 17.7 Å². The van der Waals surface area contributed by atoms with Crippen LogP contribution in [0.2, 0.25) is 0 Å². The van der Waals surface area contributed by atoms with Crippen LogP contribution in [0.25, 0.3) is 33.6 Å². The lowest BCUT2D eigenvalue weighted by molar-refractivity contribution is 0.542. The van der Waals surface area contributed by atoms with Crippen molar-refractivity contribution in [2.45, 2.75) is 62.7 Å².